The zero-order valence-electron chi connectivity index (χ0n) is 6.58. The maximum atomic E-state index is 5.85. The van der Waals surface area contributed by atoms with Crippen LogP contribution in [-0.4, -0.2) is 6.54 Å². The van der Waals surface area contributed by atoms with Gasteiger partial charge in [0.25, 0.3) is 0 Å². The van der Waals surface area contributed by atoms with Crippen molar-refractivity contribution in [3.63, 3.8) is 0 Å². The highest BCUT2D eigenvalue weighted by Crippen LogP contribution is 2.25. The lowest BCUT2D eigenvalue weighted by molar-refractivity contribution is 1.13. The van der Waals surface area contributed by atoms with Gasteiger partial charge < -0.3 is 5.73 Å². The fourth-order valence-electron chi connectivity index (χ4n) is 1.18. The molecule has 0 saturated heterocycles. The second-order valence-corrected chi connectivity index (χ2v) is 3.54. The Balaban J connectivity index is 2.51. The second kappa shape index (κ2) is 3.21. The van der Waals surface area contributed by atoms with Crippen molar-refractivity contribution >= 4 is 17.6 Å². The fourth-order valence-corrected chi connectivity index (χ4v) is 1.94. The zero-order valence-corrected chi connectivity index (χ0v) is 7.40. The summed E-state index contributed by atoms with van der Waals surface area (Å²) in [7, 11) is 0. The van der Waals surface area contributed by atoms with Crippen molar-refractivity contribution in [3.8, 4) is 0 Å². The topological polar surface area (TPSA) is 38.0 Å². The van der Waals surface area contributed by atoms with Crippen LogP contribution in [0, 0.1) is 0 Å². The lowest BCUT2D eigenvalue weighted by atomic mass is 10.1. The number of nitrogens with one attached hydrogen (secondary N) is 1. The van der Waals surface area contributed by atoms with Gasteiger partial charge in [0, 0.05) is 22.7 Å². The highest BCUT2D eigenvalue weighted by Gasteiger charge is 2.06. The smallest absolute Gasteiger partial charge is 0.0372 e. The van der Waals surface area contributed by atoms with Crippen molar-refractivity contribution in [1.29, 1.82) is 0 Å². The van der Waals surface area contributed by atoms with Crippen LogP contribution in [-0.2, 0) is 0 Å². The number of hydrogen-bond donors (Lipinski definition) is 2. The van der Waals surface area contributed by atoms with Crippen molar-refractivity contribution in [2.45, 2.75) is 4.90 Å². The third-order valence-corrected chi connectivity index (χ3v) is 2.67. The van der Waals surface area contributed by atoms with Gasteiger partial charge in [-0.2, -0.15) is 0 Å². The minimum absolute atomic E-state index is 0.825. The normalized spacial score (nSPS) is 16.2. The summed E-state index contributed by atoms with van der Waals surface area (Å²) in [5.41, 5.74) is 7.85. The Morgan fingerprint density at radius 2 is 2.17 bits per heavy atom. The first-order chi connectivity index (χ1) is 5.88. The van der Waals surface area contributed by atoms with Crippen molar-refractivity contribution in [2.75, 3.05) is 6.54 Å². The van der Waals surface area contributed by atoms with E-state index in [0.29, 0.717) is 0 Å². The average Bonchev–Trinajstić information content (AvgIpc) is 2.29. The van der Waals surface area contributed by atoms with Crippen LogP contribution in [0.4, 0.5) is 0 Å². The van der Waals surface area contributed by atoms with Crippen molar-refractivity contribution in [1.82, 2.24) is 4.72 Å². The van der Waals surface area contributed by atoms with Crippen LogP contribution >= 0.6 is 11.9 Å². The molecule has 3 heteroatoms. The maximum absolute atomic E-state index is 5.85. The number of rotatable bonds is 0. The molecular weight excluding hydrogens is 168 g/mol. The summed E-state index contributed by atoms with van der Waals surface area (Å²) < 4.78 is 3.19. The molecule has 12 heavy (non-hydrogen) atoms. The Labute approximate surface area is 76.0 Å². The number of fused-ring (bicyclic) bond motifs is 1. The van der Waals surface area contributed by atoms with E-state index in [0.717, 1.165) is 17.8 Å². The fraction of sp³-hybridized carbons (Fsp3) is 0.111. The first-order valence-corrected chi connectivity index (χ1v) is 4.64. The molecule has 0 aromatic heterocycles. The van der Waals surface area contributed by atoms with E-state index in [9.17, 15) is 0 Å². The molecule has 0 spiro atoms. The lowest BCUT2D eigenvalue weighted by Crippen LogP contribution is -2.00. The molecule has 0 radical (unpaired) electrons. The van der Waals surface area contributed by atoms with Crippen molar-refractivity contribution in [3.05, 3.63) is 35.9 Å². The molecule has 1 aromatic rings. The summed E-state index contributed by atoms with van der Waals surface area (Å²) in [4.78, 5) is 1.20. The Bertz CT molecular complexity index is 320. The minimum Gasteiger partial charge on any atom is -0.398 e. The summed E-state index contributed by atoms with van der Waals surface area (Å²) >= 11 is 1.63. The van der Waals surface area contributed by atoms with Gasteiger partial charge in [0.2, 0.25) is 0 Å². The van der Waals surface area contributed by atoms with Gasteiger partial charge in [0.05, 0.1) is 0 Å². The molecular formula is C9H10N2S. The summed E-state index contributed by atoms with van der Waals surface area (Å²) in [6.45, 7) is 0.825. The molecule has 3 N–H and O–H groups in total. The van der Waals surface area contributed by atoms with E-state index in [4.69, 9.17) is 5.73 Å². The van der Waals surface area contributed by atoms with Gasteiger partial charge in [0.15, 0.2) is 0 Å². The summed E-state index contributed by atoms with van der Waals surface area (Å²) in [5, 5.41) is 0. The molecule has 62 valence electrons. The highest BCUT2D eigenvalue weighted by molar-refractivity contribution is 7.97. The largest absolute Gasteiger partial charge is 0.398 e. The maximum Gasteiger partial charge on any atom is 0.0372 e. The molecule has 0 aliphatic carbocycles. The van der Waals surface area contributed by atoms with Crippen molar-refractivity contribution in [2.24, 2.45) is 5.73 Å². The van der Waals surface area contributed by atoms with Gasteiger partial charge in [-0.25, -0.2) is 0 Å². The van der Waals surface area contributed by atoms with E-state index in [2.05, 4.69) is 10.8 Å². The average molecular weight is 178 g/mol. The van der Waals surface area contributed by atoms with Gasteiger partial charge in [0.1, 0.15) is 0 Å². The molecule has 1 aliphatic rings. The Morgan fingerprint density at radius 1 is 1.33 bits per heavy atom. The molecule has 0 saturated carbocycles. The third kappa shape index (κ3) is 1.33. The van der Waals surface area contributed by atoms with E-state index in [-0.39, 0.29) is 0 Å². The second-order valence-electron chi connectivity index (χ2n) is 2.61. The molecule has 2 nitrogen and oxygen atoms in total. The van der Waals surface area contributed by atoms with E-state index < -0.39 is 0 Å². The summed E-state index contributed by atoms with van der Waals surface area (Å²) in [5.74, 6) is 0. The van der Waals surface area contributed by atoms with Crippen LogP contribution in [0.2, 0.25) is 0 Å². The molecule has 1 aliphatic heterocycles. The molecule has 0 unspecified atom stereocenters. The van der Waals surface area contributed by atoms with Gasteiger partial charge in [-0.1, -0.05) is 18.2 Å². The van der Waals surface area contributed by atoms with Gasteiger partial charge in [-0.15, -0.1) is 0 Å². The Hall–Kier alpha value is -0.930. The van der Waals surface area contributed by atoms with E-state index >= 15 is 0 Å². The quantitative estimate of drug-likeness (QED) is 0.593. The molecule has 1 aromatic carbocycles. The van der Waals surface area contributed by atoms with Gasteiger partial charge in [-0.05, 0) is 24.1 Å². The van der Waals surface area contributed by atoms with Gasteiger partial charge in [-0.3, -0.25) is 4.72 Å². The number of nitrogens with two attached hydrogens (primary N) is 1. The predicted molar refractivity (Wildman–Crippen MR) is 52.5 cm³/mol. The van der Waals surface area contributed by atoms with Crippen LogP contribution in [0.15, 0.2) is 35.2 Å². The lowest BCUT2D eigenvalue weighted by Gasteiger charge is -2.04. The Kier molecular flexibility index (Phi) is 2.06. The zero-order chi connectivity index (χ0) is 8.39. The van der Waals surface area contributed by atoms with Crippen LogP contribution in [0.3, 0.4) is 0 Å². The molecule has 2 rings (SSSR count). The standard InChI is InChI=1S/C9H10N2S/c10-8-5-6-11-12-9-4-2-1-3-7(8)9/h1-5,11H,6,10H2. The predicted octanol–water partition coefficient (Wildman–Crippen LogP) is 1.60. The summed E-state index contributed by atoms with van der Waals surface area (Å²) in [6, 6.07) is 8.14. The van der Waals surface area contributed by atoms with Crippen LogP contribution in [0.1, 0.15) is 5.56 Å². The number of hydrogen-bond acceptors (Lipinski definition) is 3. The van der Waals surface area contributed by atoms with Crippen LogP contribution < -0.4 is 10.5 Å². The first kappa shape index (κ1) is 7.71. The molecule has 0 amide bonds. The third-order valence-electron chi connectivity index (χ3n) is 1.79. The van der Waals surface area contributed by atoms with Crippen molar-refractivity contribution < 1.29 is 0 Å². The van der Waals surface area contributed by atoms with Gasteiger partial charge >= 0.3 is 0 Å². The van der Waals surface area contributed by atoms with Crippen LogP contribution in [0.25, 0.3) is 5.70 Å². The van der Waals surface area contributed by atoms with E-state index in [1.165, 1.54) is 4.90 Å². The monoisotopic (exact) mass is 178 g/mol. The minimum atomic E-state index is 0.825. The Morgan fingerprint density at radius 3 is 3.08 bits per heavy atom. The molecule has 0 fully saturated rings. The van der Waals surface area contributed by atoms with E-state index in [1.54, 1.807) is 11.9 Å². The first-order valence-electron chi connectivity index (χ1n) is 3.82. The molecule has 0 bridgehead atoms. The molecule has 0 atom stereocenters. The van der Waals surface area contributed by atoms with Crippen LogP contribution in [0.5, 0.6) is 0 Å². The molecule has 1 heterocycles. The highest BCUT2D eigenvalue weighted by atomic mass is 32.2. The summed E-state index contributed by atoms with van der Waals surface area (Å²) in [6.07, 6.45) is 2.00. The SMILES string of the molecule is NC1=CCNSc2ccccc21. The number of benzene rings is 1. The van der Waals surface area contributed by atoms with E-state index in [1.807, 2.05) is 24.3 Å².